The quantitative estimate of drug-likeness (QED) is 0.408. The molecule has 0 aromatic rings. The monoisotopic (exact) mass is 382 g/mol. The van der Waals surface area contributed by atoms with Gasteiger partial charge in [0.1, 0.15) is 0 Å². The highest BCUT2D eigenvalue weighted by atomic mass is 16.3. The summed E-state index contributed by atoms with van der Waals surface area (Å²) in [5.74, 6) is 4.15. The van der Waals surface area contributed by atoms with E-state index in [0.29, 0.717) is 16.7 Å². The molecule has 0 aromatic heterocycles. The molecular formula is C27H42O. The molecular weight excluding hydrogens is 340 g/mol. The van der Waals surface area contributed by atoms with Crippen LogP contribution in [0.3, 0.4) is 0 Å². The van der Waals surface area contributed by atoms with Crippen molar-refractivity contribution in [3.05, 3.63) is 35.5 Å². The summed E-state index contributed by atoms with van der Waals surface area (Å²) in [7, 11) is 0. The molecule has 0 amide bonds. The Morgan fingerprint density at radius 2 is 1.89 bits per heavy atom. The third-order valence-electron chi connectivity index (χ3n) is 9.63. The van der Waals surface area contributed by atoms with Gasteiger partial charge in [0.05, 0.1) is 6.10 Å². The van der Waals surface area contributed by atoms with Crippen LogP contribution >= 0.6 is 0 Å². The highest BCUT2D eigenvalue weighted by Crippen LogP contribution is 2.67. The predicted octanol–water partition coefficient (Wildman–Crippen LogP) is 7.08. The highest BCUT2D eigenvalue weighted by Gasteiger charge is 2.58. The van der Waals surface area contributed by atoms with Gasteiger partial charge in [0.2, 0.25) is 0 Å². The molecule has 3 saturated carbocycles. The Labute approximate surface area is 173 Å². The molecule has 0 unspecified atom stereocenters. The van der Waals surface area contributed by atoms with Gasteiger partial charge in [-0.1, -0.05) is 56.2 Å². The molecule has 1 heteroatoms. The van der Waals surface area contributed by atoms with Crippen molar-refractivity contribution >= 4 is 0 Å². The fraction of sp³-hybridized carbons (Fsp3) is 0.778. The third kappa shape index (κ3) is 3.26. The highest BCUT2D eigenvalue weighted by molar-refractivity contribution is 5.25. The van der Waals surface area contributed by atoms with Crippen molar-refractivity contribution in [2.24, 2.45) is 40.4 Å². The first-order valence-corrected chi connectivity index (χ1v) is 11.9. The fourth-order valence-corrected chi connectivity index (χ4v) is 8.10. The number of hydrogen-bond acceptors (Lipinski definition) is 1. The van der Waals surface area contributed by atoms with E-state index in [1.807, 2.05) is 0 Å². The predicted molar refractivity (Wildman–Crippen MR) is 119 cm³/mol. The summed E-state index contributed by atoms with van der Waals surface area (Å²) in [5, 5.41) is 10.2. The van der Waals surface area contributed by atoms with Gasteiger partial charge in [-0.25, -0.2) is 0 Å². The van der Waals surface area contributed by atoms with Gasteiger partial charge in [-0.3, -0.25) is 0 Å². The van der Waals surface area contributed by atoms with Crippen molar-refractivity contribution in [1.29, 1.82) is 0 Å². The lowest BCUT2D eigenvalue weighted by atomic mass is 9.47. The zero-order chi connectivity index (χ0) is 20.1. The van der Waals surface area contributed by atoms with Gasteiger partial charge in [-0.05, 0) is 106 Å². The SMILES string of the molecule is CC(C)=C/C=C/[C@@H](C)[C@H]1CC[C@H]2[C@@H]3CC=C4C[C@@H](O)CC[C@]4(C)[C@H]3CC[C@]12C. The number of rotatable bonds is 3. The topological polar surface area (TPSA) is 20.2 Å². The largest absolute Gasteiger partial charge is 0.393 e. The first-order valence-electron chi connectivity index (χ1n) is 11.9. The molecule has 4 rings (SSSR count). The molecule has 0 heterocycles. The molecule has 0 radical (unpaired) electrons. The second-order valence-electron chi connectivity index (χ2n) is 11.4. The lowest BCUT2D eigenvalue weighted by Crippen LogP contribution is -2.50. The van der Waals surface area contributed by atoms with Gasteiger partial charge in [0, 0.05) is 0 Å². The van der Waals surface area contributed by atoms with Crippen LogP contribution in [-0.4, -0.2) is 11.2 Å². The van der Waals surface area contributed by atoms with Crippen molar-refractivity contribution < 1.29 is 5.11 Å². The van der Waals surface area contributed by atoms with Crippen LogP contribution < -0.4 is 0 Å². The molecule has 3 fully saturated rings. The van der Waals surface area contributed by atoms with E-state index in [-0.39, 0.29) is 6.10 Å². The van der Waals surface area contributed by atoms with Crippen LogP contribution in [0, 0.1) is 40.4 Å². The van der Waals surface area contributed by atoms with Crippen LogP contribution in [0.25, 0.3) is 0 Å². The van der Waals surface area contributed by atoms with E-state index in [9.17, 15) is 5.11 Å². The maximum absolute atomic E-state index is 10.2. The standard InChI is InChI=1S/C27H42O/c1-18(2)7-6-8-19(3)23-11-12-24-22-10-9-20-17-21(28)13-15-26(20,4)25(22)14-16-27(23,24)5/h6-9,19,21-25,28H,10-17H2,1-5H3/b8-6+/t19-,21+,22+,23-,24+,25+,26+,27-/m1/s1. The van der Waals surface area contributed by atoms with E-state index in [1.54, 1.807) is 5.57 Å². The summed E-state index contributed by atoms with van der Waals surface area (Å²) in [6.07, 6.45) is 19.6. The average Bonchev–Trinajstić information content (AvgIpc) is 2.99. The van der Waals surface area contributed by atoms with Crippen LogP contribution in [0.5, 0.6) is 0 Å². The zero-order valence-corrected chi connectivity index (χ0v) is 18.9. The molecule has 1 N–H and O–H groups in total. The summed E-state index contributed by atoms with van der Waals surface area (Å²) < 4.78 is 0. The van der Waals surface area contributed by atoms with Crippen molar-refractivity contribution in [3.63, 3.8) is 0 Å². The smallest absolute Gasteiger partial charge is 0.0577 e. The lowest BCUT2D eigenvalue weighted by Gasteiger charge is -2.58. The Balaban J connectivity index is 1.55. The molecule has 4 aliphatic carbocycles. The summed E-state index contributed by atoms with van der Waals surface area (Å²) in [6, 6.07) is 0. The molecule has 0 spiro atoms. The van der Waals surface area contributed by atoms with Crippen molar-refractivity contribution in [3.8, 4) is 0 Å². The van der Waals surface area contributed by atoms with Gasteiger partial charge in [-0.15, -0.1) is 0 Å². The Morgan fingerprint density at radius 1 is 1.11 bits per heavy atom. The minimum Gasteiger partial charge on any atom is -0.393 e. The number of aliphatic hydroxyl groups is 1. The summed E-state index contributed by atoms with van der Waals surface area (Å²) in [6.45, 7) is 12.0. The van der Waals surface area contributed by atoms with Crippen LogP contribution in [0.15, 0.2) is 35.5 Å². The maximum Gasteiger partial charge on any atom is 0.0577 e. The van der Waals surface area contributed by atoms with E-state index in [0.717, 1.165) is 36.5 Å². The summed E-state index contributed by atoms with van der Waals surface area (Å²) >= 11 is 0. The van der Waals surface area contributed by atoms with Crippen LogP contribution in [0.1, 0.15) is 86.0 Å². The van der Waals surface area contributed by atoms with Crippen LogP contribution in [-0.2, 0) is 0 Å². The van der Waals surface area contributed by atoms with E-state index < -0.39 is 0 Å². The second kappa shape index (κ2) is 7.46. The number of allylic oxidation sites excluding steroid dienone is 5. The number of hydrogen-bond donors (Lipinski definition) is 1. The number of aliphatic hydroxyl groups excluding tert-OH is 1. The first kappa shape index (κ1) is 20.5. The minimum absolute atomic E-state index is 0.0889. The van der Waals surface area contributed by atoms with E-state index in [2.05, 4.69) is 58.9 Å². The molecule has 0 bridgehead atoms. The molecule has 28 heavy (non-hydrogen) atoms. The molecule has 156 valence electrons. The summed E-state index contributed by atoms with van der Waals surface area (Å²) in [5.41, 5.74) is 3.88. The molecule has 4 aliphatic rings. The fourth-order valence-electron chi connectivity index (χ4n) is 8.10. The maximum atomic E-state index is 10.2. The first-order chi connectivity index (χ1) is 13.3. The van der Waals surface area contributed by atoms with Gasteiger partial charge in [-0.2, -0.15) is 0 Å². The van der Waals surface area contributed by atoms with E-state index >= 15 is 0 Å². The van der Waals surface area contributed by atoms with Gasteiger partial charge >= 0.3 is 0 Å². The zero-order valence-electron chi connectivity index (χ0n) is 18.9. The number of fused-ring (bicyclic) bond motifs is 5. The molecule has 0 aromatic carbocycles. The summed E-state index contributed by atoms with van der Waals surface area (Å²) in [4.78, 5) is 0. The van der Waals surface area contributed by atoms with Gasteiger partial charge < -0.3 is 5.11 Å². The van der Waals surface area contributed by atoms with Crippen molar-refractivity contribution in [2.45, 2.75) is 92.1 Å². The molecule has 1 nitrogen and oxygen atoms in total. The third-order valence-corrected chi connectivity index (χ3v) is 9.63. The normalized spacial score (nSPS) is 46.4. The molecule has 8 atom stereocenters. The van der Waals surface area contributed by atoms with Gasteiger partial charge in [0.15, 0.2) is 0 Å². The molecule has 0 saturated heterocycles. The lowest BCUT2D eigenvalue weighted by molar-refractivity contribution is -0.0540. The van der Waals surface area contributed by atoms with Crippen LogP contribution in [0.4, 0.5) is 0 Å². The second-order valence-corrected chi connectivity index (χ2v) is 11.4. The Morgan fingerprint density at radius 3 is 2.64 bits per heavy atom. The Hall–Kier alpha value is -0.820. The van der Waals surface area contributed by atoms with E-state index in [4.69, 9.17) is 0 Å². The average molecular weight is 383 g/mol. The van der Waals surface area contributed by atoms with Crippen molar-refractivity contribution in [1.82, 2.24) is 0 Å². The minimum atomic E-state index is -0.0889. The van der Waals surface area contributed by atoms with Crippen LogP contribution in [0.2, 0.25) is 0 Å². The van der Waals surface area contributed by atoms with Crippen molar-refractivity contribution in [2.75, 3.05) is 0 Å². The molecule has 0 aliphatic heterocycles. The Kier molecular flexibility index (Phi) is 5.45. The van der Waals surface area contributed by atoms with Gasteiger partial charge in [0.25, 0.3) is 0 Å². The van der Waals surface area contributed by atoms with E-state index in [1.165, 1.54) is 44.1 Å². The Bertz CT molecular complexity index is 680.